The van der Waals surface area contributed by atoms with Crippen LogP contribution in [0.3, 0.4) is 0 Å². The van der Waals surface area contributed by atoms with Crippen LogP contribution in [0.4, 0.5) is 11.5 Å². The van der Waals surface area contributed by atoms with E-state index in [-0.39, 0.29) is 0 Å². The van der Waals surface area contributed by atoms with E-state index in [1.807, 2.05) is 6.07 Å². The van der Waals surface area contributed by atoms with Crippen molar-refractivity contribution in [1.82, 2.24) is 4.98 Å². The first-order chi connectivity index (χ1) is 8.24. The maximum Gasteiger partial charge on any atom is 0.129 e. The molecule has 0 spiro atoms. The molecule has 0 saturated heterocycles. The van der Waals surface area contributed by atoms with Crippen molar-refractivity contribution in [3.8, 4) is 0 Å². The lowest BCUT2D eigenvalue weighted by molar-refractivity contribution is 0.456. The Balaban J connectivity index is 1.52. The highest BCUT2D eigenvalue weighted by Gasteiger charge is 2.65. The van der Waals surface area contributed by atoms with Crippen LogP contribution in [-0.4, -0.2) is 11.0 Å². The summed E-state index contributed by atoms with van der Waals surface area (Å²) in [6.07, 6.45) is 6.19. The van der Waals surface area contributed by atoms with Crippen molar-refractivity contribution >= 4 is 11.5 Å². The lowest BCUT2D eigenvalue weighted by Gasteiger charge is -2.13. The van der Waals surface area contributed by atoms with E-state index in [9.17, 15) is 0 Å². The number of anilines is 2. The van der Waals surface area contributed by atoms with E-state index < -0.39 is 0 Å². The van der Waals surface area contributed by atoms with Gasteiger partial charge in [0.1, 0.15) is 5.82 Å². The zero-order chi connectivity index (χ0) is 11.6. The highest BCUT2D eigenvalue weighted by atomic mass is 15.1. The van der Waals surface area contributed by atoms with Gasteiger partial charge in [-0.25, -0.2) is 4.98 Å². The average molecular weight is 229 g/mol. The first-order valence-corrected chi connectivity index (χ1v) is 6.72. The van der Waals surface area contributed by atoms with Crippen LogP contribution in [0.15, 0.2) is 12.3 Å². The van der Waals surface area contributed by atoms with E-state index in [1.54, 1.807) is 6.20 Å². The number of nitrogens with one attached hydrogen (secondary N) is 1. The van der Waals surface area contributed by atoms with Crippen molar-refractivity contribution in [3.63, 3.8) is 0 Å². The summed E-state index contributed by atoms with van der Waals surface area (Å²) in [4.78, 5) is 4.42. The number of nitrogen functional groups attached to an aromatic ring is 1. The molecular formula is C14H19N3. The Morgan fingerprint density at radius 3 is 2.65 bits per heavy atom. The van der Waals surface area contributed by atoms with Gasteiger partial charge in [0.05, 0.1) is 11.9 Å². The molecular weight excluding hydrogens is 210 g/mol. The Hall–Kier alpha value is -1.25. The zero-order valence-corrected chi connectivity index (χ0v) is 10.2. The summed E-state index contributed by atoms with van der Waals surface area (Å²) < 4.78 is 0. The van der Waals surface area contributed by atoms with Crippen LogP contribution >= 0.6 is 0 Å². The Kier molecular flexibility index (Phi) is 1.81. The van der Waals surface area contributed by atoms with Crippen molar-refractivity contribution in [2.45, 2.75) is 32.2 Å². The molecule has 17 heavy (non-hydrogen) atoms. The highest BCUT2D eigenvalue weighted by molar-refractivity contribution is 5.52. The zero-order valence-electron chi connectivity index (χ0n) is 10.2. The summed E-state index contributed by atoms with van der Waals surface area (Å²) in [6, 6.07) is 2.71. The first-order valence-electron chi connectivity index (χ1n) is 6.72. The van der Waals surface area contributed by atoms with Gasteiger partial charge in [0.25, 0.3) is 0 Å². The van der Waals surface area contributed by atoms with Crippen molar-refractivity contribution in [2.75, 3.05) is 11.1 Å². The molecule has 4 rings (SSSR count). The SMILES string of the molecule is Cc1cc(N)cnc1NC1C2C3CCC(C3)C12. The van der Waals surface area contributed by atoms with Gasteiger partial charge in [-0.1, -0.05) is 0 Å². The molecule has 3 fully saturated rings. The highest BCUT2D eigenvalue weighted by Crippen LogP contribution is 2.66. The molecule has 3 nitrogen and oxygen atoms in total. The second-order valence-electron chi connectivity index (χ2n) is 6.09. The fourth-order valence-corrected chi connectivity index (χ4v) is 4.42. The number of aromatic nitrogens is 1. The number of nitrogens with zero attached hydrogens (tertiary/aromatic N) is 1. The topological polar surface area (TPSA) is 50.9 Å². The molecule has 0 radical (unpaired) electrons. The van der Waals surface area contributed by atoms with Crippen molar-refractivity contribution < 1.29 is 0 Å². The van der Waals surface area contributed by atoms with Crippen molar-refractivity contribution in [2.24, 2.45) is 23.7 Å². The molecule has 4 atom stereocenters. The summed E-state index contributed by atoms with van der Waals surface area (Å²) in [5.74, 6) is 4.96. The molecule has 0 aliphatic heterocycles. The third-order valence-electron chi connectivity index (χ3n) is 5.14. The van der Waals surface area contributed by atoms with Gasteiger partial charge < -0.3 is 11.1 Å². The normalized spacial score (nSPS) is 41.4. The standard InChI is InChI=1S/C14H19N3/c1-7-4-10(15)6-16-14(7)17-13-11-8-2-3-9(5-8)12(11)13/h4,6,8-9,11-13H,2-3,5,15H2,1H3,(H,16,17). The summed E-state index contributed by atoms with van der Waals surface area (Å²) in [7, 11) is 0. The van der Waals surface area contributed by atoms with Crippen LogP contribution in [-0.2, 0) is 0 Å². The summed E-state index contributed by atoms with van der Waals surface area (Å²) in [6.45, 7) is 2.08. The first kappa shape index (κ1) is 9.75. The van der Waals surface area contributed by atoms with Gasteiger partial charge in [0.15, 0.2) is 0 Å². The third kappa shape index (κ3) is 1.31. The molecule has 1 aromatic rings. The molecule has 0 amide bonds. The van der Waals surface area contributed by atoms with Gasteiger partial charge >= 0.3 is 0 Å². The van der Waals surface area contributed by atoms with Crippen LogP contribution in [0.2, 0.25) is 0 Å². The fraction of sp³-hybridized carbons (Fsp3) is 0.643. The largest absolute Gasteiger partial charge is 0.397 e. The van der Waals surface area contributed by atoms with E-state index in [0.29, 0.717) is 6.04 Å². The van der Waals surface area contributed by atoms with E-state index in [2.05, 4.69) is 17.2 Å². The molecule has 90 valence electrons. The van der Waals surface area contributed by atoms with Crippen LogP contribution in [0, 0.1) is 30.6 Å². The molecule has 1 aromatic heterocycles. The van der Waals surface area contributed by atoms with Gasteiger partial charge in [-0.15, -0.1) is 0 Å². The third-order valence-corrected chi connectivity index (χ3v) is 5.14. The Morgan fingerprint density at radius 2 is 2.00 bits per heavy atom. The van der Waals surface area contributed by atoms with E-state index >= 15 is 0 Å². The predicted octanol–water partition coefficient (Wildman–Crippen LogP) is 2.43. The average Bonchev–Trinajstić information content (AvgIpc) is 2.70. The molecule has 3 saturated carbocycles. The minimum atomic E-state index is 0.705. The summed E-state index contributed by atoms with van der Waals surface area (Å²) >= 11 is 0. The number of hydrogen-bond acceptors (Lipinski definition) is 3. The second-order valence-corrected chi connectivity index (χ2v) is 6.09. The van der Waals surface area contributed by atoms with Gasteiger partial charge in [-0.2, -0.15) is 0 Å². The summed E-state index contributed by atoms with van der Waals surface area (Å²) in [5, 5.41) is 3.65. The minimum absolute atomic E-state index is 0.705. The lowest BCUT2D eigenvalue weighted by Crippen LogP contribution is -2.14. The molecule has 2 bridgehead atoms. The van der Waals surface area contributed by atoms with Gasteiger partial charge in [-0.05, 0) is 61.5 Å². The van der Waals surface area contributed by atoms with E-state index in [0.717, 1.165) is 35.2 Å². The molecule has 1 heterocycles. The number of pyridine rings is 1. The van der Waals surface area contributed by atoms with E-state index in [4.69, 9.17) is 5.73 Å². The molecule has 3 N–H and O–H groups in total. The summed E-state index contributed by atoms with van der Waals surface area (Å²) in [5.41, 5.74) is 7.65. The maximum absolute atomic E-state index is 5.73. The van der Waals surface area contributed by atoms with Crippen LogP contribution in [0.5, 0.6) is 0 Å². The Bertz CT molecular complexity index is 455. The van der Waals surface area contributed by atoms with Crippen LogP contribution in [0.1, 0.15) is 24.8 Å². The molecule has 3 aliphatic carbocycles. The second kappa shape index (κ2) is 3.15. The minimum Gasteiger partial charge on any atom is -0.397 e. The number of aryl methyl sites for hydroxylation is 1. The maximum atomic E-state index is 5.73. The van der Waals surface area contributed by atoms with Gasteiger partial charge in [0.2, 0.25) is 0 Å². The molecule has 3 heteroatoms. The molecule has 3 aliphatic rings. The monoisotopic (exact) mass is 229 g/mol. The number of nitrogens with two attached hydrogens (primary N) is 1. The lowest BCUT2D eigenvalue weighted by atomic mass is 10.0. The van der Waals surface area contributed by atoms with Gasteiger partial charge in [-0.3, -0.25) is 0 Å². The van der Waals surface area contributed by atoms with Gasteiger partial charge in [0, 0.05) is 6.04 Å². The van der Waals surface area contributed by atoms with Crippen molar-refractivity contribution in [1.29, 1.82) is 0 Å². The van der Waals surface area contributed by atoms with E-state index in [1.165, 1.54) is 24.8 Å². The smallest absolute Gasteiger partial charge is 0.129 e. The Labute approximate surface area is 102 Å². The number of rotatable bonds is 2. The number of hydrogen-bond donors (Lipinski definition) is 2. The van der Waals surface area contributed by atoms with Crippen molar-refractivity contribution in [3.05, 3.63) is 17.8 Å². The molecule has 0 aromatic carbocycles. The van der Waals surface area contributed by atoms with Crippen LogP contribution < -0.4 is 11.1 Å². The predicted molar refractivity (Wildman–Crippen MR) is 68.6 cm³/mol. The van der Waals surface area contributed by atoms with Crippen LogP contribution in [0.25, 0.3) is 0 Å². The quantitative estimate of drug-likeness (QED) is 0.819. The Morgan fingerprint density at radius 1 is 1.29 bits per heavy atom. The number of fused-ring (bicyclic) bond motifs is 5. The molecule has 4 unspecified atom stereocenters. The fourth-order valence-electron chi connectivity index (χ4n) is 4.42.